The quantitative estimate of drug-likeness (QED) is 0.755. The highest BCUT2D eigenvalue weighted by Crippen LogP contribution is 2.22. The first-order valence-corrected chi connectivity index (χ1v) is 8.63. The van der Waals surface area contributed by atoms with E-state index in [-0.39, 0.29) is 5.78 Å². The molecule has 3 rings (SSSR count). The zero-order chi connectivity index (χ0) is 16.1. The fourth-order valence-electron chi connectivity index (χ4n) is 3.23. The van der Waals surface area contributed by atoms with Crippen LogP contribution in [0.15, 0.2) is 54.6 Å². The first-order valence-electron chi connectivity index (χ1n) is 8.26. The van der Waals surface area contributed by atoms with E-state index in [1.54, 1.807) is 12.1 Å². The molecule has 1 fully saturated rings. The molecule has 0 radical (unpaired) electrons. The standard InChI is InChI=1S/C20H22ClNO/c21-19-8-6-18(7-9-19)20(23)15-22-12-10-17(11-13-22)14-16-4-2-1-3-5-16/h1-9,17H,10-15H2. The van der Waals surface area contributed by atoms with E-state index in [1.807, 2.05) is 12.1 Å². The molecule has 0 spiro atoms. The van der Waals surface area contributed by atoms with Crippen LogP contribution >= 0.6 is 11.6 Å². The lowest BCUT2D eigenvalue weighted by molar-refractivity contribution is 0.0895. The van der Waals surface area contributed by atoms with Crippen molar-refractivity contribution < 1.29 is 4.79 Å². The van der Waals surface area contributed by atoms with Gasteiger partial charge in [-0.15, -0.1) is 0 Å². The van der Waals surface area contributed by atoms with Crippen LogP contribution in [0.25, 0.3) is 0 Å². The topological polar surface area (TPSA) is 20.3 Å². The van der Waals surface area contributed by atoms with Crippen LogP contribution in [0.3, 0.4) is 0 Å². The van der Waals surface area contributed by atoms with Crippen molar-refractivity contribution in [1.82, 2.24) is 4.90 Å². The van der Waals surface area contributed by atoms with Crippen molar-refractivity contribution in [3.8, 4) is 0 Å². The second-order valence-electron chi connectivity index (χ2n) is 6.34. The molecule has 0 amide bonds. The second-order valence-corrected chi connectivity index (χ2v) is 6.78. The van der Waals surface area contributed by atoms with Gasteiger partial charge in [-0.3, -0.25) is 9.69 Å². The number of ketones is 1. The molecule has 0 aliphatic carbocycles. The molecule has 1 aliphatic rings. The van der Waals surface area contributed by atoms with Gasteiger partial charge in [0, 0.05) is 10.6 Å². The molecule has 120 valence electrons. The van der Waals surface area contributed by atoms with E-state index in [2.05, 4.69) is 35.2 Å². The average Bonchev–Trinajstić information content (AvgIpc) is 2.58. The Kier molecular flexibility index (Phi) is 5.47. The maximum atomic E-state index is 12.3. The van der Waals surface area contributed by atoms with Gasteiger partial charge >= 0.3 is 0 Å². The molecule has 2 aromatic rings. The Morgan fingerprint density at radius 3 is 2.30 bits per heavy atom. The molecule has 3 heteroatoms. The first-order chi connectivity index (χ1) is 11.2. The minimum atomic E-state index is 0.183. The Labute approximate surface area is 143 Å². The predicted octanol–water partition coefficient (Wildman–Crippen LogP) is 4.48. The van der Waals surface area contributed by atoms with E-state index >= 15 is 0 Å². The van der Waals surface area contributed by atoms with Crippen LogP contribution in [0, 0.1) is 5.92 Å². The lowest BCUT2D eigenvalue weighted by Gasteiger charge is -2.31. The number of piperidine rings is 1. The van der Waals surface area contributed by atoms with Gasteiger partial charge in [0.1, 0.15) is 0 Å². The van der Waals surface area contributed by atoms with Gasteiger partial charge in [-0.25, -0.2) is 0 Å². The molecule has 1 aliphatic heterocycles. The van der Waals surface area contributed by atoms with Gasteiger partial charge in [0.15, 0.2) is 5.78 Å². The Morgan fingerprint density at radius 1 is 1.00 bits per heavy atom. The minimum Gasteiger partial charge on any atom is -0.296 e. The summed E-state index contributed by atoms with van der Waals surface area (Å²) in [5, 5.41) is 0.670. The van der Waals surface area contributed by atoms with Crippen molar-refractivity contribution in [2.24, 2.45) is 5.92 Å². The molecule has 1 heterocycles. The minimum absolute atomic E-state index is 0.183. The highest BCUT2D eigenvalue weighted by Gasteiger charge is 2.21. The molecule has 2 aromatic carbocycles. The summed E-state index contributed by atoms with van der Waals surface area (Å²) in [4.78, 5) is 14.6. The van der Waals surface area contributed by atoms with Crippen LogP contribution in [0.1, 0.15) is 28.8 Å². The van der Waals surface area contributed by atoms with Gasteiger partial charge in [0.2, 0.25) is 0 Å². The molecule has 23 heavy (non-hydrogen) atoms. The average molecular weight is 328 g/mol. The summed E-state index contributed by atoms with van der Waals surface area (Å²) in [5.74, 6) is 0.919. The number of halogens is 1. The van der Waals surface area contributed by atoms with Gasteiger partial charge in [-0.1, -0.05) is 41.9 Å². The molecule has 1 saturated heterocycles. The molecule has 0 aromatic heterocycles. The van der Waals surface area contributed by atoms with Gasteiger partial charge in [0.05, 0.1) is 6.54 Å². The van der Waals surface area contributed by atoms with Crippen LogP contribution in [-0.2, 0) is 6.42 Å². The number of carbonyl (C=O) groups is 1. The first kappa shape index (κ1) is 16.2. The van der Waals surface area contributed by atoms with E-state index in [0.29, 0.717) is 11.6 Å². The highest BCUT2D eigenvalue weighted by atomic mass is 35.5. The zero-order valence-electron chi connectivity index (χ0n) is 13.2. The third kappa shape index (κ3) is 4.66. The lowest BCUT2D eigenvalue weighted by Crippen LogP contribution is -2.37. The van der Waals surface area contributed by atoms with E-state index in [9.17, 15) is 4.79 Å². The number of carbonyl (C=O) groups excluding carboxylic acids is 1. The van der Waals surface area contributed by atoms with Crippen LogP contribution in [0.4, 0.5) is 0 Å². The molecule has 0 atom stereocenters. The monoisotopic (exact) mass is 327 g/mol. The number of benzene rings is 2. The lowest BCUT2D eigenvalue weighted by atomic mass is 9.90. The summed E-state index contributed by atoms with van der Waals surface area (Å²) in [5.41, 5.74) is 2.17. The molecular formula is C20H22ClNO. The fraction of sp³-hybridized carbons (Fsp3) is 0.350. The van der Waals surface area contributed by atoms with Gasteiger partial charge in [-0.05, 0) is 68.1 Å². The molecular weight excluding hydrogens is 306 g/mol. The third-order valence-corrected chi connectivity index (χ3v) is 4.86. The zero-order valence-corrected chi connectivity index (χ0v) is 14.0. The summed E-state index contributed by atoms with van der Waals surface area (Å²) < 4.78 is 0. The van der Waals surface area contributed by atoms with E-state index in [0.717, 1.165) is 31.0 Å². The molecule has 0 bridgehead atoms. The van der Waals surface area contributed by atoms with E-state index < -0.39 is 0 Å². The normalized spacial score (nSPS) is 16.4. The summed E-state index contributed by atoms with van der Waals surface area (Å²) in [6.45, 7) is 2.54. The molecule has 0 N–H and O–H groups in total. The largest absolute Gasteiger partial charge is 0.296 e. The number of rotatable bonds is 5. The second kappa shape index (κ2) is 7.76. The summed E-state index contributed by atoms with van der Waals surface area (Å²) in [6.07, 6.45) is 3.49. The highest BCUT2D eigenvalue weighted by molar-refractivity contribution is 6.30. The molecule has 2 nitrogen and oxygen atoms in total. The SMILES string of the molecule is O=C(CN1CCC(Cc2ccccc2)CC1)c1ccc(Cl)cc1. The number of nitrogens with zero attached hydrogens (tertiary/aromatic N) is 1. The Morgan fingerprint density at radius 2 is 1.65 bits per heavy atom. The summed E-state index contributed by atoms with van der Waals surface area (Å²) >= 11 is 5.87. The summed E-state index contributed by atoms with van der Waals surface area (Å²) in [7, 11) is 0. The summed E-state index contributed by atoms with van der Waals surface area (Å²) in [6, 6.07) is 17.9. The van der Waals surface area contributed by atoms with Crippen molar-refractivity contribution in [1.29, 1.82) is 0 Å². The predicted molar refractivity (Wildman–Crippen MR) is 95.1 cm³/mol. The fourth-order valence-corrected chi connectivity index (χ4v) is 3.35. The van der Waals surface area contributed by atoms with Crippen molar-refractivity contribution in [3.05, 3.63) is 70.7 Å². The van der Waals surface area contributed by atoms with Crippen LogP contribution in [-0.4, -0.2) is 30.3 Å². The maximum Gasteiger partial charge on any atom is 0.176 e. The Bertz CT molecular complexity index is 630. The van der Waals surface area contributed by atoms with Crippen LogP contribution < -0.4 is 0 Å². The van der Waals surface area contributed by atoms with Crippen molar-refractivity contribution in [3.63, 3.8) is 0 Å². The molecule has 0 unspecified atom stereocenters. The van der Waals surface area contributed by atoms with Gasteiger partial charge < -0.3 is 0 Å². The van der Waals surface area contributed by atoms with Gasteiger partial charge in [0.25, 0.3) is 0 Å². The molecule has 0 saturated carbocycles. The van der Waals surface area contributed by atoms with Crippen molar-refractivity contribution >= 4 is 17.4 Å². The van der Waals surface area contributed by atoms with E-state index in [1.165, 1.54) is 18.4 Å². The smallest absolute Gasteiger partial charge is 0.176 e. The van der Waals surface area contributed by atoms with E-state index in [4.69, 9.17) is 11.6 Å². The Hall–Kier alpha value is -1.64. The number of Topliss-reactive ketones (excluding diaryl/α,β-unsaturated/α-hetero) is 1. The number of hydrogen-bond acceptors (Lipinski definition) is 2. The van der Waals surface area contributed by atoms with Crippen molar-refractivity contribution in [2.45, 2.75) is 19.3 Å². The van der Waals surface area contributed by atoms with Crippen molar-refractivity contribution in [2.75, 3.05) is 19.6 Å². The maximum absolute atomic E-state index is 12.3. The number of hydrogen-bond donors (Lipinski definition) is 0. The van der Waals surface area contributed by atoms with Crippen LogP contribution in [0.5, 0.6) is 0 Å². The third-order valence-electron chi connectivity index (χ3n) is 4.61. The number of likely N-dealkylation sites (tertiary alicyclic amines) is 1. The van der Waals surface area contributed by atoms with Crippen LogP contribution in [0.2, 0.25) is 5.02 Å². The van der Waals surface area contributed by atoms with Gasteiger partial charge in [-0.2, -0.15) is 0 Å². The Balaban J connectivity index is 1.47.